The van der Waals surface area contributed by atoms with E-state index in [0.29, 0.717) is 28.3 Å². The van der Waals surface area contributed by atoms with Gasteiger partial charge in [-0.1, -0.05) is 59.6 Å². The zero-order valence-corrected chi connectivity index (χ0v) is 20.5. The number of hydrogen-bond acceptors (Lipinski definition) is 4. The van der Waals surface area contributed by atoms with Crippen molar-refractivity contribution in [2.45, 2.75) is 24.9 Å². The third kappa shape index (κ3) is 3.09. The summed E-state index contributed by atoms with van der Waals surface area (Å²) in [6.07, 6.45) is 0.427. The Morgan fingerprint density at radius 2 is 1.72 bits per heavy atom. The third-order valence-corrected chi connectivity index (χ3v) is 8.24. The first kappa shape index (κ1) is 23.2. The molecule has 6 nitrogen and oxygen atoms in total. The van der Waals surface area contributed by atoms with E-state index in [1.807, 2.05) is 30.3 Å². The molecule has 3 aliphatic heterocycles. The first-order chi connectivity index (χ1) is 17.2. The van der Waals surface area contributed by atoms with Gasteiger partial charge in [0.25, 0.3) is 0 Å². The molecule has 9 heteroatoms. The average Bonchev–Trinajstić information content (AvgIpc) is 3.44. The maximum atomic E-state index is 14.0. The quantitative estimate of drug-likeness (QED) is 0.491. The van der Waals surface area contributed by atoms with E-state index in [4.69, 9.17) is 23.2 Å². The first-order valence-electron chi connectivity index (χ1n) is 11.5. The molecule has 3 amide bonds. The molecule has 3 aliphatic rings. The Hall–Kier alpha value is -3.26. The molecule has 0 aromatic heterocycles. The maximum Gasteiger partial charge on any atom is 0.250 e. The average molecular weight is 524 g/mol. The second-order valence-electron chi connectivity index (χ2n) is 9.41. The Bertz CT molecular complexity index is 1460. The number of rotatable bonds is 3. The van der Waals surface area contributed by atoms with Crippen LogP contribution in [0.3, 0.4) is 0 Å². The zero-order valence-electron chi connectivity index (χ0n) is 19.0. The van der Waals surface area contributed by atoms with Gasteiger partial charge in [-0.3, -0.25) is 19.7 Å². The molecule has 0 aliphatic carbocycles. The van der Waals surface area contributed by atoms with Crippen molar-refractivity contribution in [3.8, 4) is 0 Å². The molecular weight excluding hydrogens is 504 g/mol. The summed E-state index contributed by atoms with van der Waals surface area (Å²) in [4.78, 5) is 42.6. The number of carbonyl (C=O) groups is 3. The highest BCUT2D eigenvalue weighted by atomic mass is 35.5. The van der Waals surface area contributed by atoms with E-state index in [9.17, 15) is 18.8 Å². The van der Waals surface area contributed by atoms with Crippen LogP contribution in [0.1, 0.15) is 16.7 Å². The van der Waals surface area contributed by atoms with E-state index in [1.165, 1.54) is 12.1 Å². The number of anilines is 2. The molecule has 0 radical (unpaired) electrons. The summed E-state index contributed by atoms with van der Waals surface area (Å²) in [6.45, 7) is 1.79. The molecule has 0 bridgehead atoms. The number of halogens is 3. The Labute approximate surface area is 216 Å². The third-order valence-electron chi connectivity index (χ3n) is 7.54. The number of hydrogen-bond donors (Lipinski definition) is 2. The number of nitrogens with zero attached hydrogens (tertiary/aromatic N) is 1. The molecule has 3 heterocycles. The summed E-state index contributed by atoms with van der Waals surface area (Å²) in [5, 5.41) is 6.60. The lowest BCUT2D eigenvalue weighted by Crippen LogP contribution is -2.53. The van der Waals surface area contributed by atoms with Gasteiger partial charge in [0.05, 0.1) is 28.2 Å². The first-order valence-corrected chi connectivity index (χ1v) is 12.2. The zero-order chi connectivity index (χ0) is 25.4. The van der Waals surface area contributed by atoms with E-state index in [1.54, 1.807) is 19.1 Å². The van der Waals surface area contributed by atoms with Crippen LogP contribution in [0.5, 0.6) is 0 Å². The maximum absolute atomic E-state index is 14.0. The van der Waals surface area contributed by atoms with E-state index in [2.05, 4.69) is 10.6 Å². The van der Waals surface area contributed by atoms with Gasteiger partial charge < -0.3 is 5.32 Å². The van der Waals surface area contributed by atoms with Crippen LogP contribution in [0.15, 0.2) is 60.7 Å². The number of carbonyl (C=O) groups excluding carboxylic acids is 3. The van der Waals surface area contributed by atoms with Crippen LogP contribution < -0.4 is 15.5 Å². The number of amides is 3. The highest BCUT2D eigenvalue weighted by Gasteiger charge is 2.70. The predicted octanol–water partition coefficient (Wildman–Crippen LogP) is 4.61. The summed E-state index contributed by atoms with van der Waals surface area (Å²) in [6, 6.07) is 16.2. The molecule has 36 heavy (non-hydrogen) atoms. The molecule has 182 valence electrons. The Kier molecular flexibility index (Phi) is 5.23. The smallest absolute Gasteiger partial charge is 0.250 e. The minimum absolute atomic E-state index is 0.172. The van der Waals surface area contributed by atoms with Gasteiger partial charge in [-0.2, -0.15) is 0 Å². The van der Waals surface area contributed by atoms with Gasteiger partial charge in [-0.15, -0.1) is 0 Å². The van der Waals surface area contributed by atoms with E-state index < -0.39 is 47.0 Å². The fourth-order valence-corrected chi connectivity index (χ4v) is 6.24. The highest BCUT2D eigenvalue weighted by Crippen LogP contribution is 2.55. The molecule has 0 unspecified atom stereocenters. The van der Waals surface area contributed by atoms with Crippen molar-refractivity contribution >= 4 is 52.3 Å². The lowest BCUT2D eigenvalue weighted by Gasteiger charge is -2.29. The van der Waals surface area contributed by atoms with Gasteiger partial charge in [0.1, 0.15) is 11.4 Å². The highest BCUT2D eigenvalue weighted by molar-refractivity contribution is 6.33. The number of imide groups is 1. The minimum Gasteiger partial charge on any atom is -0.324 e. The summed E-state index contributed by atoms with van der Waals surface area (Å²) in [5.74, 6) is -3.89. The van der Waals surface area contributed by atoms with Crippen LogP contribution in [-0.4, -0.2) is 23.8 Å². The van der Waals surface area contributed by atoms with Gasteiger partial charge in [0.15, 0.2) is 0 Å². The second kappa shape index (κ2) is 8.13. The van der Waals surface area contributed by atoms with Crippen molar-refractivity contribution < 1.29 is 18.8 Å². The molecule has 3 aromatic carbocycles. The van der Waals surface area contributed by atoms with Gasteiger partial charge in [-0.25, -0.2) is 9.29 Å². The summed E-state index contributed by atoms with van der Waals surface area (Å²) < 4.78 is 13.8. The Morgan fingerprint density at radius 3 is 2.44 bits per heavy atom. The Morgan fingerprint density at radius 1 is 0.972 bits per heavy atom. The summed E-state index contributed by atoms with van der Waals surface area (Å²) in [7, 11) is 0. The fraction of sp³-hybridized carbons (Fsp3) is 0.222. The lowest BCUT2D eigenvalue weighted by atomic mass is 9.76. The molecule has 3 aromatic rings. The van der Waals surface area contributed by atoms with Gasteiger partial charge >= 0.3 is 0 Å². The van der Waals surface area contributed by atoms with Crippen molar-refractivity contribution in [2.75, 3.05) is 10.2 Å². The molecule has 2 saturated heterocycles. The number of nitrogens with one attached hydrogen (secondary N) is 2. The molecule has 2 fully saturated rings. The molecule has 0 saturated carbocycles. The van der Waals surface area contributed by atoms with Crippen molar-refractivity contribution in [1.82, 2.24) is 5.32 Å². The van der Waals surface area contributed by atoms with Crippen molar-refractivity contribution in [3.63, 3.8) is 0 Å². The monoisotopic (exact) mass is 523 g/mol. The SMILES string of the molecule is Cc1c(Cl)ccc2c1NC(=O)[C@@]21N[C@H](Cc2ccccc2)[C@@H]2C(=O)N(c3ccc(F)c(Cl)c3)C(=O)[C@@H]21. The van der Waals surface area contributed by atoms with Crippen molar-refractivity contribution in [2.24, 2.45) is 11.8 Å². The van der Waals surface area contributed by atoms with Crippen LogP contribution in [0.4, 0.5) is 15.8 Å². The van der Waals surface area contributed by atoms with E-state index >= 15 is 0 Å². The van der Waals surface area contributed by atoms with Crippen LogP contribution in [0, 0.1) is 24.6 Å². The second-order valence-corrected chi connectivity index (χ2v) is 10.2. The molecule has 2 N–H and O–H groups in total. The molecular formula is C27H20Cl2FN3O3. The fourth-order valence-electron chi connectivity index (χ4n) is 5.91. The summed E-state index contributed by atoms with van der Waals surface area (Å²) in [5.41, 5.74) is 1.48. The van der Waals surface area contributed by atoms with E-state index in [-0.39, 0.29) is 10.7 Å². The van der Waals surface area contributed by atoms with Crippen LogP contribution in [0.25, 0.3) is 0 Å². The van der Waals surface area contributed by atoms with Crippen LogP contribution in [-0.2, 0) is 26.3 Å². The lowest BCUT2D eigenvalue weighted by molar-refractivity contribution is -0.130. The molecule has 4 atom stereocenters. The number of fused-ring (bicyclic) bond motifs is 4. The molecule has 6 rings (SSSR count). The summed E-state index contributed by atoms with van der Waals surface area (Å²) >= 11 is 12.3. The Balaban J connectivity index is 1.52. The van der Waals surface area contributed by atoms with Gasteiger partial charge in [0, 0.05) is 16.6 Å². The standard InChI is InChI=1S/C27H20Cl2FN3O3/c1-13-17(28)9-8-16-23(13)31-26(36)27(16)22-21(20(32-27)11-14-5-3-2-4-6-14)24(34)33(25(22)35)15-7-10-19(30)18(29)12-15/h2-10,12,20-22,32H,11H2,1H3,(H,31,36)/t20-,21+,22-,27-/m1/s1. The normalized spacial score (nSPS) is 26.5. The topological polar surface area (TPSA) is 78.5 Å². The number of benzene rings is 3. The largest absolute Gasteiger partial charge is 0.324 e. The van der Waals surface area contributed by atoms with E-state index in [0.717, 1.165) is 16.5 Å². The minimum atomic E-state index is -1.46. The molecule has 1 spiro atoms. The van der Waals surface area contributed by atoms with Gasteiger partial charge in [-0.05, 0) is 48.7 Å². The van der Waals surface area contributed by atoms with Crippen LogP contribution in [0.2, 0.25) is 10.0 Å². The van der Waals surface area contributed by atoms with Crippen molar-refractivity contribution in [3.05, 3.63) is 93.2 Å². The van der Waals surface area contributed by atoms with Gasteiger partial charge in [0.2, 0.25) is 17.7 Å². The van der Waals surface area contributed by atoms with Crippen molar-refractivity contribution in [1.29, 1.82) is 0 Å². The van der Waals surface area contributed by atoms with Crippen LogP contribution >= 0.6 is 23.2 Å². The predicted molar refractivity (Wildman–Crippen MR) is 134 cm³/mol.